The molecule has 0 saturated heterocycles. The van der Waals surface area contributed by atoms with Gasteiger partial charge in [-0.3, -0.25) is 4.79 Å². The predicted octanol–water partition coefficient (Wildman–Crippen LogP) is 2.10. The number of aromatic nitrogens is 1. The number of nitrogens with zero attached hydrogens (tertiary/aromatic N) is 1. The van der Waals surface area contributed by atoms with E-state index in [1.807, 2.05) is 26.8 Å². The minimum atomic E-state index is -0.434. The van der Waals surface area contributed by atoms with Gasteiger partial charge in [-0.1, -0.05) is 0 Å². The maximum absolute atomic E-state index is 11.4. The average molecular weight is 240 g/mol. The monoisotopic (exact) mass is 240 g/mol. The molecule has 0 aliphatic rings. The third kappa shape index (κ3) is 5.02. The number of pyridine rings is 1. The number of esters is 1. The molecule has 0 amide bonds. The number of rotatable bonds is 3. The molecule has 4 nitrogen and oxygen atoms in total. The second kappa shape index (κ2) is 5.21. The van der Waals surface area contributed by atoms with Crippen molar-refractivity contribution in [2.45, 2.75) is 31.3 Å². The summed E-state index contributed by atoms with van der Waals surface area (Å²) in [6.07, 6.45) is 1.64. The number of hydrogen-bond donors (Lipinski definition) is 1. The molecule has 0 aliphatic heterocycles. The molecule has 0 spiro atoms. The fourth-order valence-electron chi connectivity index (χ4n) is 0.990. The first kappa shape index (κ1) is 12.8. The van der Waals surface area contributed by atoms with Crippen molar-refractivity contribution in [1.29, 1.82) is 0 Å². The van der Waals surface area contributed by atoms with E-state index < -0.39 is 5.60 Å². The molecule has 1 aromatic rings. The number of thioether (sulfide) groups is 1. The van der Waals surface area contributed by atoms with Crippen molar-refractivity contribution in [3.63, 3.8) is 0 Å². The number of nitrogen functional groups attached to an aromatic ring is 1. The smallest absolute Gasteiger partial charge is 0.316 e. The molecule has 0 unspecified atom stereocenters. The molecule has 16 heavy (non-hydrogen) atoms. The number of carbonyl (C=O) groups is 1. The molecule has 0 atom stereocenters. The summed E-state index contributed by atoms with van der Waals surface area (Å²) in [5.74, 6) is 0.527. The van der Waals surface area contributed by atoms with Gasteiger partial charge in [0.25, 0.3) is 0 Å². The van der Waals surface area contributed by atoms with Crippen LogP contribution in [0.25, 0.3) is 0 Å². The molecule has 1 heterocycles. The van der Waals surface area contributed by atoms with Crippen molar-refractivity contribution in [3.8, 4) is 0 Å². The van der Waals surface area contributed by atoms with E-state index in [1.165, 1.54) is 11.8 Å². The van der Waals surface area contributed by atoms with Crippen LogP contribution in [0, 0.1) is 0 Å². The topological polar surface area (TPSA) is 65.2 Å². The van der Waals surface area contributed by atoms with Gasteiger partial charge in [0.2, 0.25) is 0 Å². The van der Waals surface area contributed by atoms with E-state index in [-0.39, 0.29) is 11.7 Å². The van der Waals surface area contributed by atoms with Crippen LogP contribution >= 0.6 is 11.8 Å². The Labute approximate surface area is 99.6 Å². The zero-order valence-corrected chi connectivity index (χ0v) is 10.5. The summed E-state index contributed by atoms with van der Waals surface area (Å²) in [4.78, 5) is 16.3. The summed E-state index contributed by atoms with van der Waals surface area (Å²) in [7, 11) is 0. The van der Waals surface area contributed by atoms with Crippen LogP contribution in [0.15, 0.2) is 23.2 Å². The van der Waals surface area contributed by atoms with Gasteiger partial charge in [-0.05, 0) is 32.9 Å². The quantitative estimate of drug-likeness (QED) is 0.647. The molecule has 0 aliphatic carbocycles. The first-order chi connectivity index (χ1) is 7.37. The van der Waals surface area contributed by atoms with Crippen LogP contribution in [-0.2, 0) is 9.53 Å². The van der Waals surface area contributed by atoms with E-state index >= 15 is 0 Å². The van der Waals surface area contributed by atoms with E-state index in [9.17, 15) is 4.79 Å². The summed E-state index contributed by atoms with van der Waals surface area (Å²) in [5, 5.41) is 0. The highest BCUT2D eigenvalue weighted by atomic mass is 32.2. The Bertz CT molecular complexity index is 357. The molecule has 2 N–H and O–H groups in total. The summed E-state index contributed by atoms with van der Waals surface area (Å²) in [6.45, 7) is 5.54. The lowest BCUT2D eigenvalue weighted by Crippen LogP contribution is -2.24. The lowest BCUT2D eigenvalue weighted by molar-refractivity contribution is -0.151. The van der Waals surface area contributed by atoms with E-state index in [0.717, 1.165) is 4.90 Å². The van der Waals surface area contributed by atoms with Crippen molar-refractivity contribution < 1.29 is 9.53 Å². The van der Waals surface area contributed by atoms with Crippen LogP contribution < -0.4 is 5.73 Å². The largest absolute Gasteiger partial charge is 0.459 e. The van der Waals surface area contributed by atoms with Gasteiger partial charge in [-0.2, -0.15) is 0 Å². The third-order valence-corrected chi connectivity index (χ3v) is 2.49. The highest BCUT2D eigenvalue weighted by molar-refractivity contribution is 8.00. The standard InChI is InChI=1S/C11H16N2O2S/c1-11(2,3)15-10(14)7-16-8-4-5-9(12)13-6-8/h4-6H,7H2,1-3H3,(H2,12,13). The molecule has 0 radical (unpaired) electrons. The van der Waals surface area contributed by atoms with E-state index in [2.05, 4.69) is 4.98 Å². The second-order valence-corrected chi connectivity index (χ2v) is 5.34. The number of ether oxygens (including phenoxy) is 1. The zero-order chi connectivity index (χ0) is 12.2. The molecule has 0 fully saturated rings. The van der Waals surface area contributed by atoms with Gasteiger partial charge in [-0.15, -0.1) is 11.8 Å². The van der Waals surface area contributed by atoms with Crippen LogP contribution in [0.5, 0.6) is 0 Å². The van der Waals surface area contributed by atoms with Gasteiger partial charge in [-0.25, -0.2) is 4.98 Å². The van der Waals surface area contributed by atoms with E-state index in [1.54, 1.807) is 12.3 Å². The van der Waals surface area contributed by atoms with Gasteiger partial charge >= 0.3 is 5.97 Å². The molecular weight excluding hydrogens is 224 g/mol. The van der Waals surface area contributed by atoms with Gasteiger partial charge < -0.3 is 10.5 Å². The van der Waals surface area contributed by atoms with Crippen molar-refractivity contribution in [2.24, 2.45) is 0 Å². The van der Waals surface area contributed by atoms with Gasteiger partial charge in [0.1, 0.15) is 11.4 Å². The van der Waals surface area contributed by atoms with Crippen LogP contribution in [0.4, 0.5) is 5.82 Å². The Balaban J connectivity index is 2.40. The minimum Gasteiger partial charge on any atom is -0.459 e. The molecule has 0 bridgehead atoms. The summed E-state index contributed by atoms with van der Waals surface area (Å²) in [5.41, 5.74) is 5.02. The second-order valence-electron chi connectivity index (χ2n) is 4.29. The Hall–Kier alpha value is -1.23. The summed E-state index contributed by atoms with van der Waals surface area (Å²) >= 11 is 1.39. The van der Waals surface area contributed by atoms with Crippen LogP contribution in [0.1, 0.15) is 20.8 Å². The highest BCUT2D eigenvalue weighted by Crippen LogP contribution is 2.18. The third-order valence-electron chi connectivity index (χ3n) is 1.54. The van der Waals surface area contributed by atoms with Gasteiger partial charge in [0, 0.05) is 11.1 Å². The minimum absolute atomic E-state index is 0.227. The van der Waals surface area contributed by atoms with Crippen LogP contribution in [0.3, 0.4) is 0 Å². The molecule has 0 aromatic carbocycles. The number of anilines is 1. The zero-order valence-electron chi connectivity index (χ0n) is 9.69. The fraction of sp³-hybridized carbons (Fsp3) is 0.455. The molecule has 1 rings (SSSR count). The molecule has 0 saturated carbocycles. The molecular formula is C11H16N2O2S. The van der Waals surface area contributed by atoms with E-state index in [0.29, 0.717) is 5.82 Å². The Morgan fingerprint density at radius 1 is 1.50 bits per heavy atom. The molecule has 1 aromatic heterocycles. The van der Waals surface area contributed by atoms with Crippen molar-refractivity contribution in [3.05, 3.63) is 18.3 Å². The SMILES string of the molecule is CC(C)(C)OC(=O)CSc1ccc(N)nc1. The Morgan fingerprint density at radius 2 is 2.19 bits per heavy atom. The predicted molar refractivity (Wildman–Crippen MR) is 65.2 cm³/mol. The van der Waals surface area contributed by atoms with Gasteiger partial charge in [0.15, 0.2) is 0 Å². The normalized spacial score (nSPS) is 11.2. The van der Waals surface area contributed by atoms with Crippen molar-refractivity contribution in [2.75, 3.05) is 11.5 Å². The number of carbonyl (C=O) groups excluding carboxylic acids is 1. The Kier molecular flexibility index (Phi) is 4.18. The van der Waals surface area contributed by atoms with Crippen LogP contribution in [0.2, 0.25) is 0 Å². The maximum atomic E-state index is 11.4. The lowest BCUT2D eigenvalue weighted by atomic mass is 10.2. The first-order valence-corrected chi connectivity index (χ1v) is 5.91. The molecule has 5 heteroatoms. The first-order valence-electron chi connectivity index (χ1n) is 4.93. The van der Waals surface area contributed by atoms with Gasteiger partial charge in [0.05, 0.1) is 5.75 Å². The Morgan fingerprint density at radius 3 is 2.69 bits per heavy atom. The van der Waals surface area contributed by atoms with Crippen molar-refractivity contribution >= 4 is 23.5 Å². The lowest BCUT2D eigenvalue weighted by Gasteiger charge is -2.19. The summed E-state index contributed by atoms with van der Waals surface area (Å²) in [6, 6.07) is 3.54. The summed E-state index contributed by atoms with van der Waals surface area (Å²) < 4.78 is 5.18. The van der Waals surface area contributed by atoms with E-state index in [4.69, 9.17) is 10.5 Å². The van der Waals surface area contributed by atoms with Crippen LogP contribution in [-0.4, -0.2) is 22.3 Å². The number of nitrogens with two attached hydrogens (primary N) is 1. The number of hydrogen-bond acceptors (Lipinski definition) is 5. The molecule has 88 valence electrons. The highest BCUT2D eigenvalue weighted by Gasteiger charge is 2.16. The van der Waals surface area contributed by atoms with Crippen molar-refractivity contribution in [1.82, 2.24) is 4.98 Å². The fourth-order valence-corrected chi connectivity index (χ4v) is 1.63. The maximum Gasteiger partial charge on any atom is 0.316 e. The average Bonchev–Trinajstić information content (AvgIpc) is 2.14.